The number of aromatic nitrogens is 5. The maximum atomic E-state index is 12.2. The van der Waals surface area contributed by atoms with Gasteiger partial charge in [0.2, 0.25) is 5.78 Å². The Bertz CT molecular complexity index is 750. The molecule has 0 fully saturated rings. The van der Waals surface area contributed by atoms with Crippen molar-refractivity contribution < 1.29 is 23.9 Å². The van der Waals surface area contributed by atoms with Crippen molar-refractivity contribution in [3.05, 3.63) is 28.8 Å². The summed E-state index contributed by atoms with van der Waals surface area (Å²) >= 11 is 0. The molecule has 0 amide bonds. The van der Waals surface area contributed by atoms with Gasteiger partial charge in [-0.3, -0.25) is 9.59 Å². The van der Waals surface area contributed by atoms with Crippen LogP contribution in [-0.2, 0) is 20.8 Å². The SMILES string of the molecule is CCOC(=O)c1c(C)[nH]c(C(=O)COC(=O)Cn2cnnn2)c1C. The number of hydrogen-bond donors (Lipinski definition) is 1. The van der Waals surface area contributed by atoms with Crippen LogP contribution in [0, 0.1) is 13.8 Å². The van der Waals surface area contributed by atoms with Crippen LogP contribution in [0.2, 0.25) is 0 Å². The Morgan fingerprint density at radius 2 is 2.00 bits per heavy atom. The highest BCUT2D eigenvalue weighted by atomic mass is 16.5. The standard InChI is InChI=1S/C14H17N5O5/c1-4-23-14(22)12-8(2)13(16-9(12)3)10(20)6-24-11(21)5-19-7-15-17-18-19/h7,16H,4-6H2,1-3H3. The van der Waals surface area contributed by atoms with Crippen molar-refractivity contribution >= 4 is 17.7 Å². The minimum atomic E-state index is -0.651. The summed E-state index contributed by atoms with van der Waals surface area (Å²) in [6.07, 6.45) is 1.26. The van der Waals surface area contributed by atoms with Gasteiger partial charge in [-0.05, 0) is 36.8 Å². The van der Waals surface area contributed by atoms with Crippen molar-refractivity contribution in [2.75, 3.05) is 13.2 Å². The Kier molecular flexibility index (Phi) is 5.40. The van der Waals surface area contributed by atoms with Crippen molar-refractivity contribution in [1.29, 1.82) is 0 Å². The van der Waals surface area contributed by atoms with Crippen LogP contribution in [0.3, 0.4) is 0 Å². The fraction of sp³-hybridized carbons (Fsp3) is 0.429. The van der Waals surface area contributed by atoms with Gasteiger partial charge < -0.3 is 14.5 Å². The van der Waals surface area contributed by atoms with Gasteiger partial charge in [-0.2, -0.15) is 0 Å². The number of esters is 2. The van der Waals surface area contributed by atoms with Crippen molar-refractivity contribution in [2.45, 2.75) is 27.3 Å². The summed E-state index contributed by atoms with van der Waals surface area (Å²) in [5, 5.41) is 10.3. The highest BCUT2D eigenvalue weighted by Gasteiger charge is 2.23. The van der Waals surface area contributed by atoms with Crippen LogP contribution in [0.15, 0.2) is 6.33 Å². The Labute approximate surface area is 137 Å². The third kappa shape index (κ3) is 3.83. The fourth-order valence-corrected chi connectivity index (χ4v) is 2.19. The van der Waals surface area contributed by atoms with Crippen LogP contribution in [0.1, 0.15) is 39.0 Å². The number of nitrogens with zero attached hydrogens (tertiary/aromatic N) is 4. The van der Waals surface area contributed by atoms with Crippen LogP contribution < -0.4 is 0 Å². The first-order chi connectivity index (χ1) is 11.4. The minimum absolute atomic E-state index is 0.197. The number of aromatic amines is 1. The molecule has 2 aromatic heterocycles. The maximum absolute atomic E-state index is 12.2. The lowest BCUT2D eigenvalue weighted by Crippen LogP contribution is -2.19. The largest absolute Gasteiger partial charge is 0.462 e. The first-order valence-electron chi connectivity index (χ1n) is 7.19. The van der Waals surface area contributed by atoms with Gasteiger partial charge >= 0.3 is 11.9 Å². The Balaban J connectivity index is 2.01. The topological polar surface area (TPSA) is 129 Å². The molecule has 0 aliphatic rings. The number of aryl methyl sites for hydroxylation is 1. The Morgan fingerprint density at radius 1 is 1.25 bits per heavy atom. The van der Waals surface area contributed by atoms with Crippen LogP contribution >= 0.6 is 0 Å². The van der Waals surface area contributed by atoms with Gasteiger partial charge in [0.05, 0.1) is 17.9 Å². The molecule has 0 unspecified atom stereocenters. The van der Waals surface area contributed by atoms with Gasteiger partial charge in [-0.25, -0.2) is 9.48 Å². The van der Waals surface area contributed by atoms with E-state index < -0.39 is 24.3 Å². The summed E-state index contributed by atoms with van der Waals surface area (Å²) in [6.45, 7) is 4.58. The van der Waals surface area contributed by atoms with Crippen LogP contribution in [0.25, 0.3) is 0 Å². The van der Waals surface area contributed by atoms with E-state index in [1.807, 2.05) is 0 Å². The van der Waals surface area contributed by atoms with Crippen molar-refractivity contribution in [2.24, 2.45) is 0 Å². The summed E-state index contributed by atoms with van der Waals surface area (Å²) in [6, 6.07) is 0. The molecule has 2 heterocycles. The van der Waals surface area contributed by atoms with E-state index in [2.05, 4.69) is 20.5 Å². The molecular formula is C14H17N5O5. The maximum Gasteiger partial charge on any atom is 0.340 e. The van der Waals surface area contributed by atoms with Gasteiger partial charge in [0.1, 0.15) is 12.9 Å². The second-order valence-corrected chi connectivity index (χ2v) is 4.94. The molecule has 10 heteroatoms. The Morgan fingerprint density at radius 3 is 2.62 bits per heavy atom. The lowest BCUT2D eigenvalue weighted by Gasteiger charge is -2.04. The second-order valence-electron chi connectivity index (χ2n) is 4.94. The molecule has 1 N–H and O–H groups in total. The van der Waals surface area contributed by atoms with E-state index in [1.165, 1.54) is 11.0 Å². The molecule has 0 aromatic carbocycles. The first-order valence-corrected chi connectivity index (χ1v) is 7.19. The molecule has 0 saturated heterocycles. The third-order valence-corrected chi connectivity index (χ3v) is 3.24. The number of carbonyl (C=O) groups excluding carboxylic acids is 3. The van der Waals surface area contributed by atoms with E-state index in [9.17, 15) is 14.4 Å². The zero-order valence-corrected chi connectivity index (χ0v) is 13.5. The highest BCUT2D eigenvalue weighted by Crippen LogP contribution is 2.19. The smallest absolute Gasteiger partial charge is 0.340 e. The number of rotatable bonds is 7. The van der Waals surface area contributed by atoms with Crippen molar-refractivity contribution in [3.63, 3.8) is 0 Å². The molecule has 10 nitrogen and oxygen atoms in total. The quantitative estimate of drug-likeness (QED) is 0.562. The number of hydrogen-bond acceptors (Lipinski definition) is 8. The molecule has 128 valence electrons. The van der Waals surface area contributed by atoms with Gasteiger partial charge in [0, 0.05) is 5.69 Å². The zero-order chi connectivity index (χ0) is 17.7. The minimum Gasteiger partial charge on any atom is -0.462 e. The van der Waals surface area contributed by atoms with E-state index in [-0.39, 0.29) is 18.8 Å². The van der Waals surface area contributed by atoms with E-state index in [4.69, 9.17) is 9.47 Å². The second kappa shape index (κ2) is 7.49. The summed E-state index contributed by atoms with van der Waals surface area (Å²) in [4.78, 5) is 38.6. The Hall–Kier alpha value is -3.04. The normalized spacial score (nSPS) is 10.5. The molecule has 0 aliphatic carbocycles. The fourth-order valence-electron chi connectivity index (χ4n) is 2.19. The van der Waals surface area contributed by atoms with E-state index >= 15 is 0 Å². The van der Waals surface area contributed by atoms with Crippen molar-refractivity contribution in [1.82, 2.24) is 25.2 Å². The predicted octanol–water partition coefficient (Wildman–Crippen LogP) is 0.221. The van der Waals surface area contributed by atoms with E-state index in [0.717, 1.165) is 0 Å². The molecule has 0 saturated carbocycles. The van der Waals surface area contributed by atoms with Crippen LogP contribution in [-0.4, -0.2) is 56.1 Å². The summed E-state index contributed by atoms with van der Waals surface area (Å²) in [7, 11) is 0. The molecule has 2 rings (SSSR count). The van der Waals surface area contributed by atoms with Gasteiger partial charge in [-0.1, -0.05) is 0 Å². The first kappa shape index (κ1) is 17.3. The summed E-state index contributed by atoms with van der Waals surface area (Å²) < 4.78 is 11.0. The van der Waals surface area contributed by atoms with E-state index in [0.29, 0.717) is 16.8 Å². The number of ketones is 1. The van der Waals surface area contributed by atoms with Crippen molar-refractivity contribution in [3.8, 4) is 0 Å². The number of ether oxygens (including phenoxy) is 2. The number of Topliss-reactive ketones (excluding diaryl/α,β-unsaturated/α-hetero) is 1. The summed E-state index contributed by atoms with van der Waals surface area (Å²) in [5.74, 6) is -1.60. The zero-order valence-electron chi connectivity index (χ0n) is 13.5. The average Bonchev–Trinajstić information content (AvgIpc) is 3.13. The van der Waals surface area contributed by atoms with Gasteiger partial charge in [-0.15, -0.1) is 5.10 Å². The van der Waals surface area contributed by atoms with Crippen LogP contribution in [0.4, 0.5) is 0 Å². The molecule has 24 heavy (non-hydrogen) atoms. The van der Waals surface area contributed by atoms with Gasteiger partial charge in [0.25, 0.3) is 0 Å². The van der Waals surface area contributed by atoms with Crippen LogP contribution in [0.5, 0.6) is 0 Å². The van der Waals surface area contributed by atoms with E-state index in [1.54, 1.807) is 20.8 Å². The summed E-state index contributed by atoms with van der Waals surface area (Å²) in [5.41, 5.74) is 1.52. The molecule has 2 aromatic rings. The molecule has 0 radical (unpaired) electrons. The monoisotopic (exact) mass is 335 g/mol. The highest BCUT2D eigenvalue weighted by molar-refractivity contribution is 6.02. The third-order valence-electron chi connectivity index (χ3n) is 3.24. The lowest BCUT2D eigenvalue weighted by atomic mass is 10.1. The van der Waals surface area contributed by atoms with Gasteiger partial charge in [0.15, 0.2) is 6.61 Å². The predicted molar refractivity (Wildman–Crippen MR) is 79.3 cm³/mol. The molecule has 0 spiro atoms. The molecular weight excluding hydrogens is 318 g/mol. The number of tetrazole rings is 1. The lowest BCUT2D eigenvalue weighted by molar-refractivity contribution is -0.143. The molecule has 0 aliphatic heterocycles. The molecule has 0 atom stereocenters. The number of nitrogens with one attached hydrogen (secondary N) is 1. The number of carbonyl (C=O) groups is 3. The average molecular weight is 335 g/mol. The molecule has 0 bridgehead atoms. The number of H-pyrrole nitrogens is 1.